The fourth-order valence-electron chi connectivity index (χ4n) is 3.20. The molecule has 0 spiro atoms. The van der Waals surface area contributed by atoms with Gasteiger partial charge in [0, 0.05) is 29.4 Å². The summed E-state index contributed by atoms with van der Waals surface area (Å²) in [5.74, 6) is -0.844. The van der Waals surface area contributed by atoms with Crippen molar-refractivity contribution < 1.29 is 9.90 Å². The van der Waals surface area contributed by atoms with Gasteiger partial charge in [0.1, 0.15) is 0 Å². The van der Waals surface area contributed by atoms with Gasteiger partial charge in [0.25, 0.3) is 0 Å². The molecule has 0 bridgehead atoms. The molecule has 122 valence electrons. The third-order valence-corrected chi connectivity index (χ3v) is 5.90. The van der Waals surface area contributed by atoms with E-state index in [1.54, 1.807) is 23.7 Å². The third kappa shape index (κ3) is 3.16. The number of carboxylic acids is 1. The number of nitrogens with zero attached hydrogens (tertiary/aromatic N) is 1. The summed E-state index contributed by atoms with van der Waals surface area (Å²) in [7, 11) is 0. The number of nitrogens with one attached hydrogen (secondary N) is 1. The smallest absolute Gasteiger partial charge is 0.337 e. The van der Waals surface area contributed by atoms with Gasteiger partial charge in [-0.15, -0.1) is 11.3 Å². The first-order chi connectivity index (χ1) is 10.9. The Hall–Kier alpha value is -1.37. The molecule has 0 fully saturated rings. The van der Waals surface area contributed by atoms with E-state index in [-0.39, 0.29) is 5.41 Å². The lowest BCUT2D eigenvalue weighted by Crippen LogP contribution is -2.22. The van der Waals surface area contributed by atoms with Gasteiger partial charge in [-0.1, -0.05) is 26.7 Å². The van der Waals surface area contributed by atoms with Crippen molar-refractivity contribution in [1.82, 2.24) is 9.71 Å². The SMILES string of the molecule is CC1(C)CCc2sc(-c3cnccc3CNS)c(C(=O)O)c2C1. The van der Waals surface area contributed by atoms with E-state index < -0.39 is 5.97 Å². The summed E-state index contributed by atoms with van der Waals surface area (Å²) >= 11 is 5.68. The van der Waals surface area contributed by atoms with Gasteiger partial charge in [-0.2, -0.15) is 0 Å². The lowest BCUT2D eigenvalue weighted by molar-refractivity contribution is 0.0696. The molecule has 1 aliphatic rings. The van der Waals surface area contributed by atoms with E-state index in [9.17, 15) is 9.90 Å². The number of thiophene rings is 1. The zero-order valence-electron chi connectivity index (χ0n) is 13.2. The summed E-state index contributed by atoms with van der Waals surface area (Å²) < 4.78 is 2.84. The zero-order chi connectivity index (χ0) is 16.6. The summed E-state index contributed by atoms with van der Waals surface area (Å²) in [4.78, 5) is 18.2. The normalized spacial score (nSPS) is 16.1. The Kier molecular flexibility index (Phi) is 4.49. The third-order valence-electron chi connectivity index (χ3n) is 4.41. The van der Waals surface area contributed by atoms with E-state index in [0.29, 0.717) is 12.1 Å². The van der Waals surface area contributed by atoms with Crippen LogP contribution in [0, 0.1) is 5.41 Å². The van der Waals surface area contributed by atoms with Crippen LogP contribution < -0.4 is 4.72 Å². The molecule has 0 saturated heterocycles. The lowest BCUT2D eigenvalue weighted by atomic mass is 9.76. The molecule has 0 amide bonds. The molecule has 0 atom stereocenters. The molecule has 2 aromatic heterocycles. The fourth-order valence-corrected chi connectivity index (χ4v) is 4.73. The molecule has 2 N–H and O–H groups in total. The van der Waals surface area contributed by atoms with Crippen LogP contribution in [0.3, 0.4) is 0 Å². The number of hydrogen-bond donors (Lipinski definition) is 3. The minimum atomic E-state index is -0.844. The zero-order valence-corrected chi connectivity index (χ0v) is 14.9. The Labute approximate surface area is 145 Å². The number of carbonyl (C=O) groups is 1. The first-order valence-corrected chi connectivity index (χ1v) is 8.87. The maximum Gasteiger partial charge on any atom is 0.337 e. The molecule has 0 radical (unpaired) electrons. The predicted octanol–water partition coefficient (Wildman–Crippen LogP) is 3.96. The summed E-state index contributed by atoms with van der Waals surface area (Å²) in [5.41, 5.74) is 3.53. The fraction of sp³-hybridized carbons (Fsp3) is 0.412. The van der Waals surface area contributed by atoms with Crippen molar-refractivity contribution in [3.05, 3.63) is 40.0 Å². The molecule has 23 heavy (non-hydrogen) atoms. The van der Waals surface area contributed by atoms with Crippen LogP contribution in [-0.4, -0.2) is 16.1 Å². The topological polar surface area (TPSA) is 62.2 Å². The van der Waals surface area contributed by atoms with Gasteiger partial charge in [0.2, 0.25) is 0 Å². The van der Waals surface area contributed by atoms with E-state index in [1.807, 2.05) is 6.07 Å². The Morgan fingerprint density at radius 1 is 1.52 bits per heavy atom. The van der Waals surface area contributed by atoms with E-state index in [1.165, 1.54) is 4.88 Å². The van der Waals surface area contributed by atoms with Crippen LogP contribution in [0.5, 0.6) is 0 Å². The van der Waals surface area contributed by atoms with Crippen molar-refractivity contribution in [2.24, 2.45) is 5.41 Å². The molecule has 4 nitrogen and oxygen atoms in total. The molecular weight excluding hydrogens is 328 g/mol. The maximum atomic E-state index is 12.0. The first kappa shape index (κ1) is 16.5. The van der Waals surface area contributed by atoms with Crippen molar-refractivity contribution in [3.8, 4) is 10.4 Å². The van der Waals surface area contributed by atoms with E-state index in [4.69, 9.17) is 0 Å². The summed E-state index contributed by atoms with van der Waals surface area (Å²) in [6.07, 6.45) is 6.35. The van der Waals surface area contributed by atoms with E-state index in [2.05, 4.69) is 36.4 Å². The largest absolute Gasteiger partial charge is 0.478 e. The number of rotatable bonds is 4. The first-order valence-electron chi connectivity index (χ1n) is 7.61. The van der Waals surface area contributed by atoms with Gasteiger partial charge < -0.3 is 5.11 Å². The van der Waals surface area contributed by atoms with Crippen molar-refractivity contribution in [2.75, 3.05) is 0 Å². The number of aryl methyl sites for hydroxylation is 1. The van der Waals surface area contributed by atoms with Gasteiger partial charge in [0.15, 0.2) is 0 Å². The highest BCUT2D eigenvalue weighted by Crippen LogP contribution is 2.45. The quantitative estimate of drug-likeness (QED) is 0.732. The van der Waals surface area contributed by atoms with Crippen LogP contribution >= 0.6 is 24.2 Å². The minimum Gasteiger partial charge on any atom is -0.478 e. The van der Waals surface area contributed by atoms with Crippen LogP contribution in [0.1, 0.15) is 46.6 Å². The molecule has 1 aliphatic carbocycles. The molecule has 0 aliphatic heterocycles. The molecule has 0 aromatic carbocycles. The molecule has 0 unspecified atom stereocenters. The number of thiol groups is 1. The highest BCUT2D eigenvalue weighted by molar-refractivity contribution is 7.78. The highest BCUT2D eigenvalue weighted by atomic mass is 32.1. The van der Waals surface area contributed by atoms with Gasteiger partial charge >= 0.3 is 5.97 Å². The molecule has 6 heteroatoms. The number of hydrogen-bond acceptors (Lipinski definition) is 5. The highest BCUT2D eigenvalue weighted by Gasteiger charge is 2.33. The van der Waals surface area contributed by atoms with Gasteiger partial charge in [-0.05, 0) is 41.9 Å². The van der Waals surface area contributed by atoms with Crippen LogP contribution in [0.4, 0.5) is 0 Å². The van der Waals surface area contributed by atoms with Crippen LogP contribution in [-0.2, 0) is 19.4 Å². The van der Waals surface area contributed by atoms with Gasteiger partial charge in [0.05, 0.1) is 10.4 Å². The number of aromatic nitrogens is 1. The van der Waals surface area contributed by atoms with Crippen molar-refractivity contribution in [2.45, 2.75) is 39.7 Å². The average Bonchev–Trinajstić information content (AvgIpc) is 2.85. The summed E-state index contributed by atoms with van der Waals surface area (Å²) in [5, 5.41) is 9.82. The Balaban J connectivity index is 2.18. The Morgan fingerprint density at radius 3 is 3.00 bits per heavy atom. The molecule has 0 saturated carbocycles. The predicted molar refractivity (Wildman–Crippen MR) is 96.1 cm³/mol. The number of pyridine rings is 1. The molecule has 2 heterocycles. The van der Waals surface area contributed by atoms with E-state index in [0.717, 1.165) is 40.8 Å². The van der Waals surface area contributed by atoms with Crippen molar-refractivity contribution in [1.29, 1.82) is 0 Å². The van der Waals surface area contributed by atoms with Gasteiger partial charge in [-0.3, -0.25) is 9.71 Å². The Bertz CT molecular complexity index is 753. The summed E-state index contributed by atoms with van der Waals surface area (Å²) in [6, 6.07) is 1.91. The second kappa shape index (κ2) is 6.26. The second-order valence-corrected chi connectivity index (χ2v) is 8.14. The van der Waals surface area contributed by atoms with Crippen LogP contribution in [0.2, 0.25) is 0 Å². The van der Waals surface area contributed by atoms with Crippen molar-refractivity contribution in [3.63, 3.8) is 0 Å². The number of fused-ring (bicyclic) bond motifs is 1. The minimum absolute atomic E-state index is 0.153. The van der Waals surface area contributed by atoms with Crippen molar-refractivity contribution >= 4 is 30.1 Å². The standard InChI is InChI=1S/C17H20N2O2S2/c1-17(2)5-3-13-11(7-17)14(16(20)21)15(23-13)12-9-18-6-4-10(12)8-19-22/h4,6,9,19,22H,3,5,7-8H2,1-2H3,(H,20,21). The lowest BCUT2D eigenvalue weighted by Gasteiger charge is -2.29. The summed E-state index contributed by atoms with van der Waals surface area (Å²) in [6.45, 7) is 4.98. The van der Waals surface area contributed by atoms with E-state index >= 15 is 0 Å². The Morgan fingerprint density at radius 2 is 2.30 bits per heavy atom. The van der Waals surface area contributed by atoms with Crippen LogP contribution in [0.15, 0.2) is 18.5 Å². The average molecular weight is 348 g/mol. The maximum absolute atomic E-state index is 12.0. The molecular formula is C17H20N2O2S2. The second-order valence-electron chi connectivity index (χ2n) is 6.72. The van der Waals surface area contributed by atoms with Crippen LogP contribution in [0.25, 0.3) is 10.4 Å². The number of aromatic carboxylic acids is 1. The number of carboxylic acid groups (broad SMARTS) is 1. The molecule has 2 aromatic rings. The van der Waals surface area contributed by atoms with Gasteiger partial charge in [-0.25, -0.2) is 4.79 Å². The molecule has 3 rings (SSSR count). The monoisotopic (exact) mass is 348 g/mol.